The molecule has 124 valence electrons. The highest BCUT2D eigenvalue weighted by Gasteiger charge is 2.39. The normalized spacial score (nSPS) is 33.3. The van der Waals surface area contributed by atoms with Gasteiger partial charge in [-0.1, -0.05) is 34.1 Å². The summed E-state index contributed by atoms with van der Waals surface area (Å²) in [5, 5.41) is 0. The number of likely N-dealkylation sites (N-methyl/N-ethyl adjacent to an activating group) is 1. The molecule has 2 aliphatic rings. The fourth-order valence-corrected chi connectivity index (χ4v) is 4.34. The number of piperazine rings is 1. The lowest BCUT2D eigenvalue weighted by molar-refractivity contribution is 0.0122. The van der Waals surface area contributed by atoms with E-state index in [9.17, 15) is 0 Å². The molecule has 0 spiro atoms. The van der Waals surface area contributed by atoms with Crippen molar-refractivity contribution in [2.45, 2.75) is 59.4 Å². The van der Waals surface area contributed by atoms with E-state index in [0.717, 1.165) is 24.4 Å². The van der Waals surface area contributed by atoms with Crippen LogP contribution in [0.25, 0.3) is 0 Å². The van der Waals surface area contributed by atoms with Crippen molar-refractivity contribution in [1.29, 1.82) is 0 Å². The molecule has 1 heterocycles. The van der Waals surface area contributed by atoms with Crippen molar-refractivity contribution < 1.29 is 0 Å². The van der Waals surface area contributed by atoms with Crippen molar-refractivity contribution in [3.05, 3.63) is 0 Å². The average Bonchev–Trinajstić information content (AvgIpc) is 2.54. The molecule has 0 radical (unpaired) electrons. The molecular weight excluding hydrogens is 258 g/mol. The quantitative estimate of drug-likeness (QED) is 0.846. The minimum absolute atomic E-state index is 0.489. The fourth-order valence-electron chi connectivity index (χ4n) is 4.34. The molecule has 1 saturated carbocycles. The van der Waals surface area contributed by atoms with Gasteiger partial charge in [-0.05, 0) is 49.6 Å². The van der Waals surface area contributed by atoms with Crippen molar-refractivity contribution in [3.63, 3.8) is 0 Å². The number of nitrogens with zero attached hydrogens (tertiary/aromatic N) is 2. The maximum absolute atomic E-state index is 6.10. The molecule has 0 bridgehead atoms. The molecule has 2 N–H and O–H groups in total. The van der Waals surface area contributed by atoms with Crippen molar-refractivity contribution in [2.75, 3.05) is 39.3 Å². The second-order valence-electron chi connectivity index (χ2n) is 7.89. The van der Waals surface area contributed by atoms with Crippen LogP contribution in [0.3, 0.4) is 0 Å². The van der Waals surface area contributed by atoms with Crippen LogP contribution in [0.2, 0.25) is 0 Å². The van der Waals surface area contributed by atoms with E-state index in [2.05, 4.69) is 37.5 Å². The second-order valence-corrected chi connectivity index (χ2v) is 7.89. The molecule has 3 heteroatoms. The Morgan fingerprint density at radius 2 is 1.71 bits per heavy atom. The molecule has 1 saturated heterocycles. The highest BCUT2D eigenvalue weighted by atomic mass is 15.3. The predicted octanol–water partition coefficient (Wildman–Crippen LogP) is 2.80. The summed E-state index contributed by atoms with van der Waals surface area (Å²) in [6, 6.07) is 0.735. The maximum Gasteiger partial charge on any atom is 0.0139 e. The molecule has 2 rings (SSSR count). The van der Waals surface area contributed by atoms with Crippen LogP contribution < -0.4 is 5.73 Å². The molecule has 2 fully saturated rings. The van der Waals surface area contributed by atoms with Gasteiger partial charge in [-0.2, -0.15) is 0 Å². The van der Waals surface area contributed by atoms with Gasteiger partial charge in [0, 0.05) is 32.2 Å². The molecule has 0 aromatic rings. The molecule has 0 aromatic heterocycles. The third kappa shape index (κ3) is 4.00. The van der Waals surface area contributed by atoms with Crippen molar-refractivity contribution in [1.82, 2.24) is 9.80 Å². The van der Waals surface area contributed by atoms with Crippen LogP contribution in [0.4, 0.5) is 0 Å². The van der Waals surface area contributed by atoms with Crippen LogP contribution >= 0.6 is 0 Å². The Hall–Kier alpha value is -0.120. The van der Waals surface area contributed by atoms with E-state index in [1.165, 1.54) is 58.4 Å². The molecule has 1 aliphatic heterocycles. The Balaban J connectivity index is 2.00. The summed E-state index contributed by atoms with van der Waals surface area (Å²) < 4.78 is 0. The van der Waals surface area contributed by atoms with Gasteiger partial charge in [0.25, 0.3) is 0 Å². The zero-order valence-corrected chi connectivity index (χ0v) is 14.8. The topological polar surface area (TPSA) is 32.5 Å². The fraction of sp³-hybridized carbons (Fsp3) is 1.00. The van der Waals surface area contributed by atoms with E-state index >= 15 is 0 Å². The van der Waals surface area contributed by atoms with Gasteiger partial charge >= 0.3 is 0 Å². The Labute approximate surface area is 132 Å². The number of hydrogen-bond acceptors (Lipinski definition) is 3. The van der Waals surface area contributed by atoms with Gasteiger partial charge in [-0.25, -0.2) is 0 Å². The lowest BCUT2D eigenvalue weighted by Crippen LogP contribution is -2.55. The van der Waals surface area contributed by atoms with Crippen LogP contribution in [0.1, 0.15) is 53.4 Å². The van der Waals surface area contributed by atoms with Crippen LogP contribution in [0, 0.1) is 17.3 Å². The lowest BCUT2D eigenvalue weighted by Gasteiger charge is -2.49. The van der Waals surface area contributed by atoms with Gasteiger partial charge in [-0.15, -0.1) is 0 Å². The molecule has 3 nitrogen and oxygen atoms in total. The molecule has 21 heavy (non-hydrogen) atoms. The van der Waals surface area contributed by atoms with Crippen molar-refractivity contribution >= 4 is 0 Å². The van der Waals surface area contributed by atoms with Gasteiger partial charge in [0.2, 0.25) is 0 Å². The van der Waals surface area contributed by atoms with E-state index in [-0.39, 0.29) is 0 Å². The minimum Gasteiger partial charge on any atom is -0.330 e. The summed E-state index contributed by atoms with van der Waals surface area (Å²) >= 11 is 0. The number of rotatable bonds is 5. The molecule has 0 aromatic carbocycles. The first-order valence-corrected chi connectivity index (χ1v) is 9.18. The lowest BCUT2D eigenvalue weighted by atomic mass is 9.65. The van der Waals surface area contributed by atoms with Crippen molar-refractivity contribution in [3.8, 4) is 0 Å². The Morgan fingerprint density at radius 1 is 1.05 bits per heavy atom. The molecule has 1 aliphatic carbocycles. The van der Waals surface area contributed by atoms with Gasteiger partial charge < -0.3 is 10.6 Å². The van der Waals surface area contributed by atoms with Crippen molar-refractivity contribution in [2.24, 2.45) is 23.0 Å². The van der Waals surface area contributed by atoms with E-state index in [1.54, 1.807) is 0 Å². The predicted molar refractivity (Wildman–Crippen MR) is 91.4 cm³/mol. The van der Waals surface area contributed by atoms with E-state index < -0.39 is 0 Å². The summed E-state index contributed by atoms with van der Waals surface area (Å²) in [6.07, 6.45) is 5.38. The monoisotopic (exact) mass is 295 g/mol. The first-order chi connectivity index (χ1) is 10.0. The summed E-state index contributed by atoms with van der Waals surface area (Å²) in [6.45, 7) is 16.6. The SMILES string of the molecule is CCN1CCN(C2CC(C(C)(C)CC)CCC2CN)CC1. The minimum atomic E-state index is 0.489. The Bertz CT molecular complexity index is 308. The first kappa shape index (κ1) is 17.2. The molecule has 3 unspecified atom stereocenters. The van der Waals surface area contributed by atoms with Gasteiger partial charge in [0.15, 0.2) is 0 Å². The highest BCUT2D eigenvalue weighted by Crippen LogP contribution is 2.43. The average molecular weight is 296 g/mol. The largest absolute Gasteiger partial charge is 0.330 e. The first-order valence-electron chi connectivity index (χ1n) is 9.18. The van der Waals surface area contributed by atoms with Crippen LogP contribution in [0.5, 0.6) is 0 Å². The highest BCUT2D eigenvalue weighted by molar-refractivity contribution is 4.93. The van der Waals surface area contributed by atoms with Gasteiger partial charge in [0.05, 0.1) is 0 Å². The summed E-state index contributed by atoms with van der Waals surface area (Å²) in [4.78, 5) is 5.34. The summed E-state index contributed by atoms with van der Waals surface area (Å²) in [5.74, 6) is 1.60. The summed E-state index contributed by atoms with van der Waals surface area (Å²) in [5.41, 5.74) is 6.59. The van der Waals surface area contributed by atoms with E-state index in [4.69, 9.17) is 5.73 Å². The standard InChI is InChI=1S/C18H37N3/c1-5-18(3,4)16-8-7-15(14-19)17(13-16)21-11-9-20(6-2)10-12-21/h15-17H,5-14,19H2,1-4H3. The third-order valence-electron chi connectivity index (χ3n) is 6.60. The molecule has 0 amide bonds. The van der Waals surface area contributed by atoms with Gasteiger partial charge in [0.1, 0.15) is 0 Å². The van der Waals surface area contributed by atoms with E-state index in [1.807, 2.05) is 0 Å². The summed E-state index contributed by atoms with van der Waals surface area (Å²) in [7, 11) is 0. The maximum atomic E-state index is 6.10. The zero-order valence-electron chi connectivity index (χ0n) is 14.8. The Kier molecular flexibility index (Phi) is 6.10. The zero-order chi connectivity index (χ0) is 15.5. The number of nitrogens with two attached hydrogens (primary N) is 1. The molecule has 3 atom stereocenters. The van der Waals surface area contributed by atoms with Crippen LogP contribution in [-0.4, -0.2) is 55.1 Å². The molecular formula is C18H37N3. The van der Waals surface area contributed by atoms with Crippen LogP contribution in [-0.2, 0) is 0 Å². The van der Waals surface area contributed by atoms with Crippen LogP contribution in [0.15, 0.2) is 0 Å². The van der Waals surface area contributed by atoms with Gasteiger partial charge in [-0.3, -0.25) is 4.90 Å². The Morgan fingerprint density at radius 3 is 2.24 bits per heavy atom. The second kappa shape index (κ2) is 7.43. The van der Waals surface area contributed by atoms with E-state index in [0.29, 0.717) is 5.41 Å². The third-order valence-corrected chi connectivity index (χ3v) is 6.60. The smallest absolute Gasteiger partial charge is 0.0139 e. The number of hydrogen-bond donors (Lipinski definition) is 1.